The molecular formula is C5H8F3N. The number of nitrogens with one attached hydrogen (secondary N) is 1. The minimum atomic E-state index is -4.42. The van der Waals surface area contributed by atoms with Crippen LogP contribution in [0.1, 0.15) is 6.92 Å². The third kappa shape index (κ3) is 7.20. The first-order valence-corrected chi connectivity index (χ1v) is 2.07. The molecule has 0 radical (unpaired) electrons. The van der Waals surface area contributed by atoms with Gasteiger partial charge < -0.3 is 5.41 Å². The van der Waals surface area contributed by atoms with Crippen LogP contribution in [0.25, 0.3) is 0 Å². The van der Waals surface area contributed by atoms with Gasteiger partial charge in [-0.15, -0.1) is 13.2 Å². The molecule has 0 spiro atoms. The van der Waals surface area contributed by atoms with Crippen LogP contribution in [0, 0.1) is 5.41 Å². The summed E-state index contributed by atoms with van der Waals surface area (Å²) in [5, 5.41) is 6.02. The average molecular weight is 139 g/mol. The molecule has 0 fully saturated rings. The SMILES string of the molecule is C=C.CC(=N)C(F)(F)F. The average Bonchev–Trinajstić information content (AvgIpc) is 1.69. The zero-order valence-electron chi connectivity index (χ0n) is 5.05. The predicted molar refractivity (Wildman–Crippen MR) is 30.7 cm³/mol. The number of rotatable bonds is 0. The van der Waals surface area contributed by atoms with Gasteiger partial charge in [0, 0.05) is 0 Å². The van der Waals surface area contributed by atoms with Crippen molar-refractivity contribution in [3.8, 4) is 0 Å². The van der Waals surface area contributed by atoms with Gasteiger partial charge in [-0.2, -0.15) is 13.2 Å². The van der Waals surface area contributed by atoms with Crippen molar-refractivity contribution < 1.29 is 13.2 Å². The highest BCUT2D eigenvalue weighted by atomic mass is 19.4. The van der Waals surface area contributed by atoms with E-state index < -0.39 is 11.9 Å². The van der Waals surface area contributed by atoms with E-state index >= 15 is 0 Å². The largest absolute Gasteiger partial charge is 0.428 e. The molecule has 54 valence electrons. The summed E-state index contributed by atoms with van der Waals surface area (Å²) in [5.74, 6) is 0. The molecule has 1 N–H and O–H groups in total. The Labute approximate surface area is 51.7 Å². The van der Waals surface area contributed by atoms with Crippen molar-refractivity contribution in [1.82, 2.24) is 0 Å². The van der Waals surface area contributed by atoms with Crippen LogP contribution < -0.4 is 0 Å². The molecule has 0 saturated carbocycles. The Bertz CT molecular complexity index is 94.9. The van der Waals surface area contributed by atoms with Crippen LogP contribution in [0.2, 0.25) is 0 Å². The van der Waals surface area contributed by atoms with Crippen molar-refractivity contribution in [2.24, 2.45) is 0 Å². The van der Waals surface area contributed by atoms with Crippen LogP contribution in [-0.4, -0.2) is 11.9 Å². The van der Waals surface area contributed by atoms with Crippen molar-refractivity contribution >= 4 is 5.71 Å². The van der Waals surface area contributed by atoms with Gasteiger partial charge in [0.2, 0.25) is 0 Å². The summed E-state index contributed by atoms with van der Waals surface area (Å²) in [5.41, 5.74) is -1.26. The number of alkyl halides is 3. The van der Waals surface area contributed by atoms with Crippen molar-refractivity contribution in [2.75, 3.05) is 0 Å². The molecule has 0 rings (SSSR count). The monoisotopic (exact) mass is 139 g/mol. The maximum Gasteiger partial charge on any atom is 0.428 e. The van der Waals surface area contributed by atoms with Crippen LogP contribution in [0.5, 0.6) is 0 Å². The molecule has 0 heterocycles. The highest BCUT2D eigenvalue weighted by Gasteiger charge is 2.29. The van der Waals surface area contributed by atoms with E-state index in [2.05, 4.69) is 13.2 Å². The Hall–Kier alpha value is -0.800. The molecule has 0 aliphatic carbocycles. The van der Waals surface area contributed by atoms with Crippen LogP contribution in [-0.2, 0) is 0 Å². The minimum Gasteiger partial charge on any atom is -0.301 e. The highest BCUT2D eigenvalue weighted by molar-refractivity contribution is 5.84. The van der Waals surface area contributed by atoms with Crippen LogP contribution in [0.4, 0.5) is 13.2 Å². The molecule has 4 heteroatoms. The molecule has 0 aromatic rings. The van der Waals surface area contributed by atoms with E-state index in [1.54, 1.807) is 0 Å². The second-order valence-corrected chi connectivity index (χ2v) is 1.12. The van der Waals surface area contributed by atoms with Gasteiger partial charge >= 0.3 is 6.18 Å². The number of hydrogen-bond acceptors (Lipinski definition) is 1. The second kappa shape index (κ2) is 4.12. The van der Waals surface area contributed by atoms with Gasteiger partial charge in [-0.1, -0.05) is 0 Å². The van der Waals surface area contributed by atoms with E-state index in [0.29, 0.717) is 6.92 Å². The molecule has 0 aliphatic heterocycles. The first kappa shape index (κ1) is 11.1. The fraction of sp³-hybridized carbons (Fsp3) is 0.400. The Morgan fingerprint density at radius 2 is 1.44 bits per heavy atom. The van der Waals surface area contributed by atoms with Crippen molar-refractivity contribution in [2.45, 2.75) is 13.1 Å². The summed E-state index contributed by atoms with van der Waals surface area (Å²) in [4.78, 5) is 0. The summed E-state index contributed by atoms with van der Waals surface area (Å²) in [6, 6.07) is 0. The maximum atomic E-state index is 11.0. The Morgan fingerprint density at radius 3 is 1.44 bits per heavy atom. The first-order valence-electron chi connectivity index (χ1n) is 2.07. The first-order chi connectivity index (χ1) is 3.94. The van der Waals surface area contributed by atoms with Crippen LogP contribution >= 0.6 is 0 Å². The molecule has 0 aliphatic rings. The molecule has 0 aromatic heterocycles. The van der Waals surface area contributed by atoms with Crippen LogP contribution in [0.15, 0.2) is 13.2 Å². The Morgan fingerprint density at radius 1 is 1.33 bits per heavy atom. The third-order valence-corrected chi connectivity index (χ3v) is 0.425. The summed E-state index contributed by atoms with van der Waals surface area (Å²) in [6.45, 7) is 6.71. The predicted octanol–water partition coefficient (Wildman–Crippen LogP) is 2.39. The lowest BCUT2D eigenvalue weighted by atomic mass is 10.4. The fourth-order valence-electron chi connectivity index (χ4n) is 0. The van der Waals surface area contributed by atoms with E-state index in [0.717, 1.165) is 0 Å². The smallest absolute Gasteiger partial charge is 0.301 e. The number of halogens is 3. The van der Waals surface area contributed by atoms with Gasteiger partial charge in [0.25, 0.3) is 0 Å². The zero-order chi connectivity index (χ0) is 8.08. The van der Waals surface area contributed by atoms with Gasteiger partial charge in [0.1, 0.15) is 5.71 Å². The second-order valence-electron chi connectivity index (χ2n) is 1.12. The van der Waals surface area contributed by atoms with E-state index in [1.807, 2.05) is 0 Å². The molecule has 0 unspecified atom stereocenters. The van der Waals surface area contributed by atoms with E-state index in [1.165, 1.54) is 0 Å². The summed E-state index contributed by atoms with van der Waals surface area (Å²) in [7, 11) is 0. The Balaban J connectivity index is 0. The molecule has 0 bridgehead atoms. The molecule has 9 heavy (non-hydrogen) atoms. The van der Waals surface area contributed by atoms with Crippen LogP contribution in [0.3, 0.4) is 0 Å². The molecular weight excluding hydrogens is 131 g/mol. The summed E-state index contributed by atoms with van der Waals surface area (Å²) in [6.07, 6.45) is -4.42. The van der Waals surface area contributed by atoms with E-state index in [-0.39, 0.29) is 0 Å². The Kier molecular flexibility index (Phi) is 5.06. The van der Waals surface area contributed by atoms with Crippen molar-refractivity contribution in [3.05, 3.63) is 13.2 Å². The van der Waals surface area contributed by atoms with Gasteiger partial charge in [0.15, 0.2) is 0 Å². The van der Waals surface area contributed by atoms with Gasteiger partial charge in [-0.05, 0) is 6.92 Å². The van der Waals surface area contributed by atoms with Crippen molar-refractivity contribution in [1.29, 1.82) is 5.41 Å². The quantitative estimate of drug-likeness (QED) is 0.393. The maximum absolute atomic E-state index is 11.0. The van der Waals surface area contributed by atoms with Gasteiger partial charge in [-0.3, -0.25) is 0 Å². The normalized spacial score (nSPS) is 9.33. The lowest BCUT2D eigenvalue weighted by molar-refractivity contribution is -0.0599. The van der Waals surface area contributed by atoms with E-state index in [4.69, 9.17) is 5.41 Å². The van der Waals surface area contributed by atoms with Gasteiger partial charge in [0.05, 0.1) is 0 Å². The number of hydrogen-bond donors (Lipinski definition) is 1. The highest BCUT2D eigenvalue weighted by Crippen LogP contribution is 2.14. The van der Waals surface area contributed by atoms with Crippen molar-refractivity contribution in [3.63, 3.8) is 0 Å². The zero-order valence-corrected chi connectivity index (χ0v) is 5.05. The summed E-state index contributed by atoms with van der Waals surface area (Å²) >= 11 is 0. The van der Waals surface area contributed by atoms with E-state index in [9.17, 15) is 13.2 Å². The molecule has 1 nitrogen and oxygen atoms in total. The lowest BCUT2D eigenvalue weighted by Gasteiger charge is -1.99. The summed E-state index contributed by atoms with van der Waals surface area (Å²) < 4.78 is 32.9. The molecule has 0 atom stereocenters. The third-order valence-electron chi connectivity index (χ3n) is 0.425. The standard InChI is InChI=1S/C3H4F3N.C2H4/c1-2(7)3(4,5)6;1-2/h7H,1H3;1-2H2. The minimum absolute atomic E-state index is 0.708. The lowest BCUT2D eigenvalue weighted by Crippen LogP contribution is -2.17. The fourth-order valence-corrected chi connectivity index (χ4v) is 0. The molecule has 0 amide bonds. The molecule has 0 saturated heterocycles. The topological polar surface area (TPSA) is 23.9 Å². The molecule has 0 aromatic carbocycles. The van der Waals surface area contributed by atoms with Gasteiger partial charge in [-0.25, -0.2) is 0 Å².